The predicted molar refractivity (Wildman–Crippen MR) is 84.6 cm³/mol. The van der Waals surface area contributed by atoms with Gasteiger partial charge in [0.2, 0.25) is 0 Å². The maximum absolute atomic E-state index is 6.24. The Kier molecular flexibility index (Phi) is 6.16. The van der Waals surface area contributed by atoms with Gasteiger partial charge in [-0.1, -0.05) is 24.3 Å². The molecular formula is C16H24Cl2O. The summed E-state index contributed by atoms with van der Waals surface area (Å²) in [4.78, 5) is 0. The van der Waals surface area contributed by atoms with E-state index in [1.807, 2.05) is 12.1 Å². The number of alkyl halides is 2. The van der Waals surface area contributed by atoms with Gasteiger partial charge in [-0.15, -0.1) is 23.2 Å². The zero-order valence-corrected chi connectivity index (χ0v) is 13.8. The number of hydrogen-bond donors (Lipinski definition) is 0. The summed E-state index contributed by atoms with van der Waals surface area (Å²) in [7, 11) is 0. The van der Waals surface area contributed by atoms with E-state index in [1.165, 1.54) is 11.1 Å². The Labute approximate surface area is 127 Å². The van der Waals surface area contributed by atoms with Crippen LogP contribution in [0.1, 0.15) is 38.3 Å². The van der Waals surface area contributed by atoms with Gasteiger partial charge in [0.25, 0.3) is 0 Å². The van der Waals surface area contributed by atoms with Crippen LogP contribution in [0.3, 0.4) is 0 Å². The molecule has 0 aliphatic carbocycles. The lowest BCUT2D eigenvalue weighted by atomic mass is 9.79. The van der Waals surface area contributed by atoms with Crippen LogP contribution in [0.2, 0.25) is 0 Å². The van der Waals surface area contributed by atoms with Crippen molar-refractivity contribution >= 4 is 23.2 Å². The molecule has 108 valence electrons. The van der Waals surface area contributed by atoms with E-state index < -0.39 is 0 Å². The summed E-state index contributed by atoms with van der Waals surface area (Å²) in [5.74, 6) is 1.02. The minimum Gasteiger partial charge on any atom is -0.376 e. The molecule has 0 N–H and O–H groups in total. The second-order valence-electron chi connectivity index (χ2n) is 6.07. The highest BCUT2D eigenvalue weighted by Gasteiger charge is 2.32. The molecule has 1 aromatic rings. The number of rotatable bonds is 6. The van der Waals surface area contributed by atoms with Gasteiger partial charge in [0.1, 0.15) is 0 Å². The molecule has 0 atom stereocenters. The molecule has 0 heterocycles. The van der Waals surface area contributed by atoms with Gasteiger partial charge in [-0.3, -0.25) is 0 Å². The van der Waals surface area contributed by atoms with Gasteiger partial charge >= 0.3 is 0 Å². The van der Waals surface area contributed by atoms with Crippen LogP contribution in [0.25, 0.3) is 0 Å². The topological polar surface area (TPSA) is 9.23 Å². The maximum atomic E-state index is 6.24. The van der Waals surface area contributed by atoms with Crippen LogP contribution in [-0.4, -0.2) is 24.0 Å². The summed E-state index contributed by atoms with van der Waals surface area (Å²) in [5, 5.41) is 0. The Hall–Kier alpha value is -0.240. The first-order valence-corrected chi connectivity index (χ1v) is 7.73. The van der Waals surface area contributed by atoms with Gasteiger partial charge in [-0.25, -0.2) is 0 Å². The van der Waals surface area contributed by atoms with Crippen molar-refractivity contribution in [2.45, 2.75) is 45.1 Å². The third-order valence-corrected chi connectivity index (χ3v) is 4.37. The third kappa shape index (κ3) is 4.66. The normalized spacial score (nSPS) is 12.7. The maximum Gasteiger partial charge on any atom is 0.0598 e. The van der Waals surface area contributed by atoms with E-state index in [-0.39, 0.29) is 11.0 Å². The number of halogens is 2. The van der Waals surface area contributed by atoms with Gasteiger partial charge in [0.05, 0.1) is 5.60 Å². The van der Waals surface area contributed by atoms with E-state index in [1.54, 1.807) is 0 Å². The minimum atomic E-state index is -0.209. The Morgan fingerprint density at radius 2 is 1.63 bits per heavy atom. The van der Waals surface area contributed by atoms with Crippen LogP contribution in [0, 0.1) is 6.92 Å². The van der Waals surface area contributed by atoms with Crippen molar-refractivity contribution in [2.75, 3.05) is 18.4 Å². The molecule has 3 heteroatoms. The second-order valence-corrected chi connectivity index (χ2v) is 6.61. The zero-order chi connectivity index (χ0) is 14.5. The quantitative estimate of drug-likeness (QED) is 0.678. The predicted octanol–water partition coefficient (Wildman–Crippen LogP) is 4.92. The molecule has 1 rings (SSSR count). The monoisotopic (exact) mass is 302 g/mol. The average molecular weight is 303 g/mol. The molecule has 0 fully saturated rings. The van der Waals surface area contributed by atoms with E-state index >= 15 is 0 Å². The van der Waals surface area contributed by atoms with Gasteiger partial charge < -0.3 is 4.74 Å². The number of hydrogen-bond acceptors (Lipinski definition) is 1. The first-order valence-electron chi connectivity index (χ1n) is 6.67. The van der Waals surface area contributed by atoms with Gasteiger partial charge in [-0.05, 0) is 45.2 Å². The SMILES string of the molecule is Cc1ccccc1C(CCl)(CCl)CCOC(C)(C)C. The fourth-order valence-electron chi connectivity index (χ4n) is 2.17. The summed E-state index contributed by atoms with van der Waals surface area (Å²) in [5.41, 5.74) is 2.13. The van der Waals surface area contributed by atoms with Crippen LogP contribution < -0.4 is 0 Å². The molecule has 0 aliphatic rings. The molecule has 0 bridgehead atoms. The highest BCUT2D eigenvalue weighted by molar-refractivity contribution is 6.22. The molecule has 0 radical (unpaired) electrons. The minimum absolute atomic E-state index is 0.129. The third-order valence-electron chi connectivity index (χ3n) is 3.34. The zero-order valence-electron chi connectivity index (χ0n) is 12.3. The molecule has 0 unspecified atom stereocenters. The molecule has 0 aromatic heterocycles. The first-order chi connectivity index (χ1) is 8.84. The molecule has 19 heavy (non-hydrogen) atoms. The summed E-state index contributed by atoms with van der Waals surface area (Å²) in [6.07, 6.45) is 0.835. The molecule has 0 saturated carbocycles. The van der Waals surface area contributed by atoms with Crippen LogP contribution in [-0.2, 0) is 10.2 Å². The lowest BCUT2D eigenvalue weighted by molar-refractivity contribution is -0.00966. The van der Waals surface area contributed by atoms with Crippen molar-refractivity contribution < 1.29 is 4.74 Å². The van der Waals surface area contributed by atoms with Crippen molar-refractivity contribution in [1.82, 2.24) is 0 Å². The van der Waals surface area contributed by atoms with Crippen molar-refractivity contribution in [3.63, 3.8) is 0 Å². The molecule has 0 amide bonds. The highest BCUT2D eigenvalue weighted by atomic mass is 35.5. The lowest BCUT2D eigenvalue weighted by Crippen LogP contribution is -2.34. The number of ether oxygens (including phenoxy) is 1. The molecule has 0 spiro atoms. The molecule has 1 aromatic carbocycles. The molecule has 1 nitrogen and oxygen atoms in total. The van der Waals surface area contributed by atoms with Crippen molar-refractivity contribution in [3.05, 3.63) is 35.4 Å². The Balaban J connectivity index is 2.89. The molecule has 0 aliphatic heterocycles. The first kappa shape index (κ1) is 16.8. The van der Waals surface area contributed by atoms with Gasteiger partial charge in [-0.2, -0.15) is 0 Å². The van der Waals surface area contributed by atoms with E-state index in [2.05, 4.69) is 39.8 Å². The number of aryl methyl sites for hydroxylation is 1. The van der Waals surface area contributed by atoms with Crippen molar-refractivity contribution in [3.8, 4) is 0 Å². The number of benzene rings is 1. The van der Waals surface area contributed by atoms with E-state index in [9.17, 15) is 0 Å². The summed E-state index contributed by atoms with van der Waals surface area (Å²) in [6, 6.07) is 8.31. The van der Waals surface area contributed by atoms with E-state index in [0.717, 1.165) is 6.42 Å². The summed E-state index contributed by atoms with van der Waals surface area (Å²) >= 11 is 12.5. The van der Waals surface area contributed by atoms with E-state index in [0.29, 0.717) is 18.4 Å². The largest absolute Gasteiger partial charge is 0.376 e. The second kappa shape index (κ2) is 6.97. The Bertz CT molecular complexity index is 392. The Morgan fingerprint density at radius 3 is 2.11 bits per heavy atom. The van der Waals surface area contributed by atoms with Crippen LogP contribution >= 0.6 is 23.2 Å². The average Bonchev–Trinajstić information content (AvgIpc) is 2.35. The highest BCUT2D eigenvalue weighted by Crippen LogP contribution is 2.33. The fourth-order valence-corrected chi connectivity index (χ4v) is 3.01. The van der Waals surface area contributed by atoms with Gasteiger partial charge in [0, 0.05) is 23.8 Å². The Morgan fingerprint density at radius 1 is 1.05 bits per heavy atom. The summed E-state index contributed by atoms with van der Waals surface area (Å²) < 4.78 is 5.83. The molecule has 0 saturated heterocycles. The van der Waals surface area contributed by atoms with Crippen LogP contribution in [0.4, 0.5) is 0 Å². The van der Waals surface area contributed by atoms with Crippen LogP contribution in [0.15, 0.2) is 24.3 Å². The smallest absolute Gasteiger partial charge is 0.0598 e. The lowest BCUT2D eigenvalue weighted by Gasteiger charge is -2.33. The van der Waals surface area contributed by atoms with Crippen molar-refractivity contribution in [2.24, 2.45) is 0 Å². The summed E-state index contributed by atoms with van der Waals surface area (Å²) in [6.45, 7) is 8.95. The fraction of sp³-hybridized carbons (Fsp3) is 0.625. The van der Waals surface area contributed by atoms with Gasteiger partial charge in [0.15, 0.2) is 0 Å². The standard InChI is InChI=1S/C16H24Cl2O/c1-13-7-5-6-8-14(13)16(11-17,12-18)9-10-19-15(2,3)4/h5-8H,9-12H2,1-4H3. The van der Waals surface area contributed by atoms with E-state index in [4.69, 9.17) is 27.9 Å². The van der Waals surface area contributed by atoms with Crippen LogP contribution in [0.5, 0.6) is 0 Å². The van der Waals surface area contributed by atoms with Crippen molar-refractivity contribution in [1.29, 1.82) is 0 Å². The molecular weight excluding hydrogens is 279 g/mol.